The number of likely N-dealkylation sites (tertiary alicyclic amines) is 1. The van der Waals surface area contributed by atoms with Gasteiger partial charge in [0.25, 0.3) is 5.91 Å². The number of carbonyl (C=O) groups is 2. The minimum Gasteiger partial charge on any atom is -0.436 e. The topological polar surface area (TPSA) is 75.4 Å². The number of carbonyl (C=O) groups excluding carboxylic acids is 2. The van der Waals surface area contributed by atoms with E-state index in [1.165, 1.54) is 6.07 Å². The van der Waals surface area contributed by atoms with Gasteiger partial charge in [-0.15, -0.1) is 0 Å². The highest BCUT2D eigenvalue weighted by Gasteiger charge is 2.30. The van der Waals surface area contributed by atoms with Gasteiger partial charge in [-0.1, -0.05) is 37.3 Å². The van der Waals surface area contributed by atoms with Gasteiger partial charge in [-0.2, -0.15) is 0 Å². The van der Waals surface area contributed by atoms with Crippen LogP contribution in [-0.2, 0) is 4.79 Å². The number of nitrogens with one attached hydrogen (secondary N) is 1. The van der Waals surface area contributed by atoms with E-state index in [1.807, 2.05) is 42.2 Å². The molecule has 6 nitrogen and oxygen atoms in total. The van der Waals surface area contributed by atoms with Crippen LogP contribution in [0.5, 0.6) is 0 Å². The van der Waals surface area contributed by atoms with E-state index in [2.05, 4.69) is 10.3 Å². The Hall–Kier alpha value is -4.00. The van der Waals surface area contributed by atoms with Crippen LogP contribution in [0.25, 0.3) is 22.6 Å². The van der Waals surface area contributed by atoms with Crippen LogP contribution in [0.4, 0.5) is 10.1 Å². The summed E-state index contributed by atoms with van der Waals surface area (Å²) in [5.41, 5.74) is 2.91. The summed E-state index contributed by atoms with van der Waals surface area (Å²) in [6.45, 7) is 2.99. The summed E-state index contributed by atoms with van der Waals surface area (Å²) in [6, 6.07) is 21.1. The van der Waals surface area contributed by atoms with Crippen molar-refractivity contribution >= 4 is 28.6 Å². The summed E-state index contributed by atoms with van der Waals surface area (Å²) >= 11 is 0. The molecule has 178 valence electrons. The number of halogens is 1. The maximum Gasteiger partial charge on any atom is 0.253 e. The van der Waals surface area contributed by atoms with Gasteiger partial charge in [0, 0.05) is 30.1 Å². The maximum absolute atomic E-state index is 13.9. The van der Waals surface area contributed by atoms with Crippen LogP contribution in [-0.4, -0.2) is 34.8 Å². The third-order valence-corrected chi connectivity index (χ3v) is 6.73. The fourth-order valence-electron chi connectivity index (χ4n) is 4.57. The molecule has 2 heterocycles. The molecular formula is C28H26FN3O3. The van der Waals surface area contributed by atoms with Gasteiger partial charge >= 0.3 is 0 Å². The molecule has 0 aliphatic carbocycles. The fourth-order valence-corrected chi connectivity index (χ4v) is 4.57. The molecule has 0 unspecified atom stereocenters. The number of hydrogen-bond donors (Lipinski definition) is 1. The number of nitrogens with zero attached hydrogens (tertiary/aromatic N) is 2. The largest absolute Gasteiger partial charge is 0.436 e. The molecule has 0 bridgehead atoms. The van der Waals surface area contributed by atoms with Crippen molar-refractivity contribution in [2.24, 2.45) is 11.8 Å². The number of rotatable bonds is 5. The first-order valence-electron chi connectivity index (χ1n) is 11.8. The van der Waals surface area contributed by atoms with Gasteiger partial charge in [-0.25, -0.2) is 9.37 Å². The lowest BCUT2D eigenvalue weighted by Crippen LogP contribution is -2.41. The van der Waals surface area contributed by atoms with Crippen LogP contribution in [0.3, 0.4) is 0 Å². The van der Waals surface area contributed by atoms with Crippen molar-refractivity contribution in [2.75, 3.05) is 18.4 Å². The Labute approximate surface area is 202 Å². The minimum absolute atomic E-state index is 0.0573. The van der Waals surface area contributed by atoms with Gasteiger partial charge in [0.1, 0.15) is 11.3 Å². The van der Waals surface area contributed by atoms with Gasteiger partial charge in [-0.05, 0) is 61.2 Å². The predicted molar refractivity (Wildman–Crippen MR) is 132 cm³/mol. The van der Waals surface area contributed by atoms with Gasteiger partial charge < -0.3 is 14.6 Å². The highest BCUT2D eigenvalue weighted by molar-refractivity contribution is 5.97. The Morgan fingerprint density at radius 1 is 1.03 bits per heavy atom. The van der Waals surface area contributed by atoms with E-state index in [4.69, 9.17) is 4.42 Å². The smallest absolute Gasteiger partial charge is 0.253 e. The molecule has 7 heteroatoms. The number of amides is 2. The molecule has 0 spiro atoms. The molecule has 35 heavy (non-hydrogen) atoms. The Morgan fingerprint density at radius 3 is 2.49 bits per heavy atom. The highest BCUT2D eigenvalue weighted by atomic mass is 19.1. The Balaban J connectivity index is 1.21. The first kappa shape index (κ1) is 22.8. The molecular weight excluding hydrogens is 445 g/mol. The minimum atomic E-state index is -0.451. The summed E-state index contributed by atoms with van der Waals surface area (Å²) in [6.07, 6.45) is 1.42. The van der Waals surface area contributed by atoms with Crippen LogP contribution in [0.2, 0.25) is 0 Å². The molecule has 1 fully saturated rings. The third-order valence-electron chi connectivity index (χ3n) is 6.73. The molecule has 0 saturated carbocycles. The SMILES string of the molecule is C[C@H](C(=O)Nc1ccccc1F)C1CCN(C(=O)c2ccc3oc(-c4ccccc4)nc3c2)CC1. The van der Waals surface area contributed by atoms with E-state index in [0.717, 1.165) is 5.56 Å². The van der Waals surface area contributed by atoms with Crippen molar-refractivity contribution in [1.29, 1.82) is 0 Å². The van der Waals surface area contributed by atoms with E-state index in [-0.39, 0.29) is 29.3 Å². The van der Waals surface area contributed by atoms with E-state index in [0.29, 0.717) is 48.5 Å². The number of fused-ring (bicyclic) bond motifs is 1. The summed E-state index contributed by atoms with van der Waals surface area (Å²) < 4.78 is 19.7. The highest BCUT2D eigenvalue weighted by Crippen LogP contribution is 2.29. The maximum atomic E-state index is 13.9. The molecule has 1 aliphatic heterocycles. The molecule has 5 rings (SSSR count). The number of anilines is 1. The number of hydrogen-bond acceptors (Lipinski definition) is 4. The lowest BCUT2D eigenvalue weighted by atomic mass is 9.84. The lowest BCUT2D eigenvalue weighted by Gasteiger charge is -2.34. The summed E-state index contributed by atoms with van der Waals surface area (Å²) in [4.78, 5) is 32.2. The van der Waals surface area contributed by atoms with Crippen LogP contribution < -0.4 is 5.32 Å². The second-order valence-corrected chi connectivity index (χ2v) is 8.95. The first-order valence-corrected chi connectivity index (χ1v) is 11.8. The molecule has 1 N–H and O–H groups in total. The van der Waals surface area contributed by atoms with E-state index >= 15 is 0 Å². The molecule has 3 aromatic carbocycles. The zero-order chi connectivity index (χ0) is 24.4. The quantitative estimate of drug-likeness (QED) is 0.402. The number of benzene rings is 3. The second kappa shape index (κ2) is 9.70. The summed E-state index contributed by atoms with van der Waals surface area (Å²) in [7, 11) is 0. The van der Waals surface area contributed by atoms with Crippen molar-refractivity contribution in [3.05, 3.63) is 84.2 Å². The van der Waals surface area contributed by atoms with Crippen molar-refractivity contribution < 1.29 is 18.4 Å². The van der Waals surface area contributed by atoms with E-state index < -0.39 is 5.82 Å². The third kappa shape index (κ3) is 4.80. The molecule has 1 aliphatic rings. The van der Waals surface area contributed by atoms with Crippen LogP contribution in [0.15, 0.2) is 77.2 Å². The lowest BCUT2D eigenvalue weighted by molar-refractivity contribution is -0.121. The van der Waals surface area contributed by atoms with E-state index in [1.54, 1.807) is 36.4 Å². The van der Waals surface area contributed by atoms with Crippen LogP contribution in [0.1, 0.15) is 30.1 Å². The Morgan fingerprint density at radius 2 is 1.74 bits per heavy atom. The van der Waals surface area contributed by atoms with Crippen molar-refractivity contribution in [1.82, 2.24) is 9.88 Å². The number of para-hydroxylation sites is 1. The van der Waals surface area contributed by atoms with Crippen molar-refractivity contribution in [2.45, 2.75) is 19.8 Å². The summed E-state index contributed by atoms with van der Waals surface area (Å²) in [5.74, 6) is -0.349. The van der Waals surface area contributed by atoms with Crippen molar-refractivity contribution in [3.63, 3.8) is 0 Å². The molecule has 1 saturated heterocycles. The standard InChI is InChI=1S/C28H26FN3O3/c1-18(26(33)30-23-10-6-5-9-22(23)29)19-13-15-32(16-14-19)28(34)21-11-12-25-24(17-21)31-27(35-25)20-7-3-2-4-8-20/h2-12,17-19H,13-16H2,1H3,(H,30,33)/t18-/m0/s1. The van der Waals surface area contributed by atoms with E-state index in [9.17, 15) is 14.0 Å². The van der Waals surface area contributed by atoms with Gasteiger partial charge in [0.05, 0.1) is 5.69 Å². The monoisotopic (exact) mass is 471 g/mol. The fraction of sp³-hybridized carbons (Fsp3) is 0.250. The Bertz CT molecular complexity index is 1360. The van der Waals surface area contributed by atoms with Gasteiger partial charge in [0.2, 0.25) is 11.8 Å². The first-order chi connectivity index (χ1) is 17.0. The molecule has 1 aromatic heterocycles. The Kier molecular flexibility index (Phi) is 6.31. The molecule has 1 atom stereocenters. The second-order valence-electron chi connectivity index (χ2n) is 8.95. The van der Waals surface area contributed by atoms with Gasteiger partial charge in [-0.3, -0.25) is 9.59 Å². The number of piperidine rings is 1. The molecule has 4 aromatic rings. The number of oxazole rings is 1. The average molecular weight is 472 g/mol. The van der Waals surface area contributed by atoms with Gasteiger partial charge in [0.15, 0.2) is 5.58 Å². The number of aromatic nitrogens is 1. The average Bonchev–Trinajstić information content (AvgIpc) is 3.33. The van der Waals surface area contributed by atoms with Crippen molar-refractivity contribution in [3.8, 4) is 11.5 Å². The normalized spacial score (nSPS) is 15.2. The molecule has 0 radical (unpaired) electrons. The summed E-state index contributed by atoms with van der Waals surface area (Å²) in [5, 5.41) is 2.69. The van der Waals surface area contributed by atoms with Crippen LogP contribution >= 0.6 is 0 Å². The zero-order valence-corrected chi connectivity index (χ0v) is 19.4. The predicted octanol–water partition coefficient (Wildman–Crippen LogP) is 5.76. The molecule has 2 amide bonds. The van der Waals surface area contributed by atoms with Crippen LogP contribution in [0, 0.1) is 17.7 Å². The zero-order valence-electron chi connectivity index (χ0n) is 19.4.